The van der Waals surface area contributed by atoms with Crippen molar-refractivity contribution in [1.29, 1.82) is 0 Å². The summed E-state index contributed by atoms with van der Waals surface area (Å²) >= 11 is 5.96. The van der Waals surface area contributed by atoms with Crippen molar-refractivity contribution < 1.29 is 18.7 Å². The normalized spacial score (nSPS) is 15.8. The van der Waals surface area contributed by atoms with Gasteiger partial charge in [-0.05, 0) is 43.7 Å². The van der Waals surface area contributed by atoms with E-state index in [1.165, 1.54) is 18.2 Å². The number of nitrogens with zero attached hydrogens (tertiary/aromatic N) is 1. The molecule has 2 amide bonds. The summed E-state index contributed by atoms with van der Waals surface area (Å²) in [6.07, 6.45) is 2.36. The van der Waals surface area contributed by atoms with Crippen LogP contribution in [0.1, 0.15) is 43.5 Å². The molecule has 0 bridgehead atoms. The maximum atomic E-state index is 14.0. The topological polar surface area (TPSA) is 58.6 Å². The SMILES string of the molecule is CCCCCN1C(=O)C(C)Oc2ccc(NC(=O)c3c(F)cccc3Cl)cc21. The number of hydrogen-bond acceptors (Lipinski definition) is 3. The van der Waals surface area contributed by atoms with Gasteiger partial charge in [0.05, 0.1) is 16.3 Å². The van der Waals surface area contributed by atoms with Crippen molar-refractivity contribution in [2.45, 2.75) is 39.2 Å². The lowest BCUT2D eigenvalue weighted by Crippen LogP contribution is -2.44. The number of anilines is 2. The Kier molecular flexibility index (Phi) is 6.19. The van der Waals surface area contributed by atoms with E-state index in [0.717, 1.165) is 19.3 Å². The van der Waals surface area contributed by atoms with Crippen molar-refractivity contribution in [2.24, 2.45) is 0 Å². The highest BCUT2D eigenvalue weighted by Gasteiger charge is 2.31. The van der Waals surface area contributed by atoms with Crippen LogP contribution in [0.5, 0.6) is 5.75 Å². The quantitative estimate of drug-likeness (QED) is 0.686. The molecule has 0 radical (unpaired) electrons. The number of carbonyl (C=O) groups is 2. The Labute approximate surface area is 168 Å². The predicted molar refractivity (Wildman–Crippen MR) is 108 cm³/mol. The fourth-order valence-electron chi connectivity index (χ4n) is 3.14. The van der Waals surface area contributed by atoms with Crippen LogP contribution in [0.4, 0.5) is 15.8 Å². The van der Waals surface area contributed by atoms with Crippen molar-refractivity contribution in [3.8, 4) is 5.75 Å². The van der Waals surface area contributed by atoms with Gasteiger partial charge < -0.3 is 15.0 Å². The van der Waals surface area contributed by atoms with Crippen LogP contribution in [0.3, 0.4) is 0 Å². The summed E-state index contributed by atoms with van der Waals surface area (Å²) in [5.41, 5.74) is 0.800. The first-order chi connectivity index (χ1) is 13.4. The summed E-state index contributed by atoms with van der Waals surface area (Å²) in [5.74, 6) is -0.900. The Hall–Kier alpha value is -2.60. The number of carbonyl (C=O) groups excluding carboxylic acids is 2. The Morgan fingerprint density at radius 1 is 1.29 bits per heavy atom. The Bertz CT molecular complexity index is 883. The predicted octanol–water partition coefficient (Wildman–Crippen LogP) is 5.04. The van der Waals surface area contributed by atoms with Crippen LogP contribution in [-0.4, -0.2) is 24.5 Å². The van der Waals surface area contributed by atoms with Gasteiger partial charge in [0, 0.05) is 12.2 Å². The number of halogens is 2. The summed E-state index contributed by atoms with van der Waals surface area (Å²) < 4.78 is 19.7. The van der Waals surface area contributed by atoms with Crippen LogP contribution in [0.2, 0.25) is 5.02 Å². The van der Waals surface area contributed by atoms with Crippen molar-refractivity contribution in [1.82, 2.24) is 0 Å². The van der Waals surface area contributed by atoms with Crippen molar-refractivity contribution >= 4 is 34.8 Å². The number of nitrogens with one attached hydrogen (secondary N) is 1. The molecule has 148 valence electrons. The molecule has 2 aromatic carbocycles. The van der Waals surface area contributed by atoms with Crippen molar-refractivity contribution in [2.75, 3.05) is 16.8 Å². The molecule has 1 heterocycles. The standard InChI is InChI=1S/C21H22ClFN2O3/c1-3-4-5-11-25-17-12-14(9-10-18(17)28-13(2)21(25)27)24-20(26)19-15(22)7-6-8-16(19)23/h6-10,12-13H,3-5,11H2,1-2H3,(H,24,26). The van der Waals surface area contributed by atoms with Crippen LogP contribution < -0.4 is 15.0 Å². The van der Waals surface area contributed by atoms with E-state index in [9.17, 15) is 14.0 Å². The minimum absolute atomic E-state index is 0.0315. The maximum absolute atomic E-state index is 14.0. The summed E-state index contributed by atoms with van der Waals surface area (Å²) in [5, 5.41) is 2.68. The average Bonchev–Trinajstić information content (AvgIpc) is 2.65. The fraction of sp³-hybridized carbons (Fsp3) is 0.333. The first kappa shape index (κ1) is 20.1. The average molecular weight is 405 g/mol. The first-order valence-electron chi connectivity index (χ1n) is 9.29. The first-order valence-corrected chi connectivity index (χ1v) is 9.67. The van der Waals surface area contributed by atoms with Gasteiger partial charge in [-0.3, -0.25) is 9.59 Å². The zero-order chi connectivity index (χ0) is 20.3. The lowest BCUT2D eigenvalue weighted by Gasteiger charge is -2.33. The van der Waals surface area contributed by atoms with Crippen molar-refractivity contribution in [3.05, 3.63) is 52.8 Å². The van der Waals surface area contributed by atoms with Gasteiger partial charge in [-0.1, -0.05) is 37.4 Å². The molecule has 0 saturated heterocycles. The smallest absolute Gasteiger partial charge is 0.267 e. The molecule has 2 aromatic rings. The fourth-order valence-corrected chi connectivity index (χ4v) is 3.39. The van der Waals surface area contributed by atoms with E-state index >= 15 is 0 Å². The number of unbranched alkanes of at least 4 members (excludes halogenated alkanes) is 2. The largest absolute Gasteiger partial charge is 0.479 e. The van der Waals surface area contributed by atoms with E-state index in [0.29, 0.717) is 23.7 Å². The molecule has 0 aliphatic carbocycles. The second-order valence-corrected chi connectivity index (χ2v) is 7.10. The Morgan fingerprint density at radius 2 is 2.07 bits per heavy atom. The third kappa shape index (κ3) is 4.12. The molecule has 0 aromatic heterocycles. The monoisotopic (exact) mass is 404 g/mol. The summed E-state index contributed by atoms with van der Waals surface area (Å²) in [6, 6.07) is 9.08. The molecular formula is C21H22ClFN2O3. The van der Waals surface area contributed by atoms with E-state index in [4.69, 9.17) is 16.3 Å². The van der Waals surface area contributed by atoms with Gasteiger partial charge in [0.1, 0.15) is 11.6 Å². The molecule has 0 spiro atoms. The van der Waals surface area contributed by atoms with Crippen LogP contribution in [0, 0.1) is 5.82 Å². The number of fused-ring (bicyclic) bond motifs is 1. The van der Waals surface area contributed by atoms with Gasteiger partial charge >= 0.3 is 0 Å². The molecule has 0 fully saturated rings. The third-order valence-corrected chi connectivity index (χ3v) is 4.92. The number of benzene rings is 2. The highest BCUT2D eigenvalue weighted by Crippen LogP contribution is 2.36. The molecule has 28 heavy (non-hydrogen) atoms. The highest BCUT2D eigenvalue weighted by atomic mass is 35.5. The van der Waals surface area contributed by atoms with Crippen LogP contribution in [0.15, 0.2) is 36.4 Å². The molecule has 5 nitrogen and oxygen atoms in total. The van der Waals surface area contributed by atoms with Crippen molar-refractivity contribution in [3.63, 3.8) is 0 Å². The van der Waals surface area contributed by atoms with Crippen LogP contribution in [-0.2, 0) is 4.79 Å². The van der Waals surface area contributed by atoms with E-state index in [1.54, 1.807) is 30.0 Å². The second-order valence-electron chi connectivity index (χ2n) is 6.69. The molecule has 7 heteroatoms. The Balaban J connectivity index is 1.87. The van der Waals surface area contributed by atoms with Gasteiger partial charge in [0.15, 0.2) is 6.10 Å². The van der Waals surface area contributed by atoms with Crippen LogP contribution in [0.25, 0.3) is 0 Å². The third-order valence-electron chi connectivity index (χ3n) is 4.60. The lowest BCUT2D eigenvalue weighted by molar-refractivity contribution is -0.125. The molecule has 1 unspecified atom stereocenters. The number of amides is 2. The lowest BCUT2D eigenvalue weighted by atomic mass is 10.1. The van der Waals surface area contributed by atoms with Gasteiger partial charge in [-0.25, -0.2) is 4.39 Å². The molecule has 0 saturated carbocycles. The molecule has 1 aliphatic heterocycles. The zero-order valence-electron chi connectivity index (χ0n) is 15.8. The number of hydrogen-bond donors (Lipinski definition) is 1. The van der Waals surface area contributed by atoms with Gasteiger partial charge in [0.25, 0.3) is 11.8 Å². The zero-order valence-corrected chi connectivity index (χ0v) is 16.6. The van der Waals surface area contributed by atoms with E-state index in [1.807, 2.05) is 0 Å². The van der Waals surface area contributed by atoms with E-state index < -0.39 is 17.8 Å². The number of ether oxygens (including phenoxy) is 1. The van der Waals surface area contributed by atoms with Gasteiger partial charge in [0.2, 0.25) is 0 Å². The van der Waals surface area contributed by atoms with E-state index in [2.05, 4.69) is 12.2 Å². The minimum Gasteiger partial charge on any atom is -0.479 e. The van der Waals surface area contributed by atoms with Gasteiger partial charge in [-0.2, -0.15) is 0 Å². The number of rotatable bonds is 6. The van der Waals surface area contributed by atoms with E-state index in [-0.39, 0.29) is 16.5 Å². The minimum atomic E-state index is -0.698. The molecule has 3 rings (SSSR count). The molecule has 1 aliphatic rings. The molecular weight excluding hydrogens is 383 g/mol. The van der Waals surface area contributed by atoms with Crippen LogP contribution >= 0.6 is 11.6 Å². The highest BCUT2D eigenvalue weighted by molar-refractivity contribution is 6.34. The summed E-state index contributed by atoms with van der Waals surface area (Å²) in [7, 11) is 0. The maximum Gasteiger partial charge on any atom is 0.267 e. The molecule has 1 N–H and O–H groups in total. The Morgan fingerprint density at radius 3 is 2.79 bits per heavy atom. The summed E-state index contributed by atoms with van der Waals surface area (Å²) in [6.45, 7) is 4.39. The molecule has 1 atom stereocenters. The second kappa shape index (κ2) is 8.61. The summed E-state index contributed by atoms with van der Waals surface area (Å²) in [4.78, 5) is 26.7. The van der Waals surface area contributed by atoms with Gasteiger partial charge in [-0.15, -0.1) is 0 Å².